The van der Waals surface area contributed by atoms with Crippen molar-refractivity contribution in [2.45, 2.75) is 0 Å². The highest BCUT2D eigenvalue weighted by atomic mass is 32.2. The van der Waals surface area contributed by atoms with Gasteiger partial charge in [0, 0.05) is 0 Å². The van der Waals surface area contributed by atoms with Crippen LogP contribution in [0.5, 0.6) is 0 Å². The van der Waals surface area contributed by atoms with Crippen LogP contribution in [0.1, 0.15) is 0 Å². The molecule has 0 bridgehead atoms. The van der Waals surface area contributed by atoms with E-state index < -0.39 is 10.3 Å². The first-order valence-corrected chi connectivity index (χ1v) is 4.75. The van der Waals surface area contributed by atoms with Crippen LogP contribution in [0.2, 0.25) is 0 Å². The van der Waals surface area contributed by atoms with E-state index in [1.165, 1.54) is 0 Å². The molecular weight excluding hydrogens is 242 g/mol. The molecule has 0 amide bonds. The first-order chi connectivity index (χ1) is 7.18. The van der Waals surface area contributed by atoms with Crippen molar-refractivity contribution in [1.29, 1.82) is 0 Å². The number of carbonyl (C=O) groups is 1. The molecule has 0 saturated carbocycles. The normalized spacial score (nSPS) is 9.12. The zero-order valence-corrected chi connectivity index (χ0v) is 8.75. The van der Waals surface area contributed by atoms with Gasteiger partial charge in [-0.3, -0.25) is 4.55 Å². The molecule has 0 aromatic carbocycles. The maximum atomic E-state index is 8.97. The molecule has 0 saturated heterocycles. The van der Waals surface area contributed by atoms with Gasteiger partial charge in [-0.05, 0) is 0 Å². The highest BCUT2D eigenvalue weighted by Crippen LogP contribution is 1.97. The van der Waals surface area contributed by atoms with Crippen molar-refractivity contribution in [3.05, 3.63) is 0 Å². The number of anilines is 3. The molecule has 0 radical (unpaired) electrons. The molecule has 0 aliphatic heterocycles. The summed E-state index contributed by atoms with van der Waals surface area (Å²) in [7, 11) is -4.17. The molecule has 11 nitrogen and oxygen atoms in total. The number of nitrogens with two attached hydrogens (primary N) is 4. The number of aromatic nitrogens is 3. The standard InChI is InChI=1S/C3H6N6.CH2O.H3NO3S/c4-1-7-2(5)9-3(6)8-1;1-2;1-5(2,3)4/h(H6,4,5,6,7,8,9);1H2;(H3,1,2,3,4). The first-order valence-electron chi connectivity index (χ1n) is 3.25. The average Bonchev–Trinajstić information content (AvgIpc) is 2.01. The van der Waals surface area contributed by atoms with Crippen LogP contribution in [0.25, 0.3) is 0 Å². The Labute approximate surface area is 90.8 Å². The van der Waals surface area contributed by atoms with Gasteiger partial charge in [0.15, 0.2) is 0 Å². The Morgan fingerprint density at radius 1 is 0.938 bits per heavy atom. The number of carbonyl (C=O) groups excluding carboxylic acids is 1. The molecule has 0 aliphatic rings. The molecule has 92 valence electrons. The van der Waals surface area contributed by atoms with Gasteiger partial charge in [-0.15, -0.1) is 0 Å². The molecule has 1 heterocycles. The number of rotatable bonds is 0. The Balaban J connectivity index is 0. The van der Waals surface area contributed by atoms with Gasteiger partial charge in [0.25, 0.3) is 0 Å². The second-order valence-electron chi connectivity index (χ2n) is 1.92. The summed E-state index contributed by atoms with van der Waals surface area (Å²) in [6.45, 7) is 2.00. The van der Waals surface area contributed by atoms with Crippen molar-refractivity contribution in [3.63, 3.8) is 0 Å². The van der Waals surface area contributed by atoms with Crippen molar-refractivity contribution in [3.8, 4) is 0 Å². The van der Waals surface area contributed by atoms with E-state index in [1.54, 1.807) is 0 Å². The summed E-state index contributed by atoms with van der Waals surface area (Å²) in [4.78, 5) is 18.5. The second-order valence-corrected chi connectivity index (χ2v) is 2.95. The SMILES string of the molecule is C=O.NS(=O)(=O)O.Nc1nc(N)nc(N)n1. The zero-order chi connectivity index (χ0) is 13.4. The summed E-state index contributed by atoms with van der Waals surface area (Å²) in [5.41, 5.74) is 15.4. The summed E-state index contributed by atoms with van der Waals surface area (Å²) >= 11 is 0. The molecule has 0 unspecified atom stereocenters. The molecule has 1 aromatic rings. The summed E-state index contributed by atoms with van der Waals surface area (Å²) in [6, 6.07) is 0. The van der Waals surface area contributed by atoms with Crippen molar-refractivity contribution in [1.82, 2.24) is 15.0 Å². The Bertz CT molecular complexity index is 362. The van der Waals surface area contributed by atoms with Crippen LogP contribution in [-0.4, -0.2) is 34.7 Å². The van der Waals surface area contributed by atoms with Gasteiger partial charge in [-0.25, -0.2) is 5.14 Å². The molecule has 0 aliphatic carbocycles. The Kier molecular flexibility index (Phi) is 7.44. The highest BCUT2D eigenvalue weighted by Gasteiger charge is 1.93. The molecule has 0 fully saturated rings. The Hall–Kier alpha value is -2.05. The van der Waals surface area contributed by atoms with Gasteiger partial charge < -0.3 is 22.0 Å². The minimum absolute atomic E-state index is 0.0417. The van der Waals surface area contributed by atoms with E-state index in [-0.39, 0.29) is 17.8 Å². The summed E-state index contributed by atoms with van der Waals surface area (Å²) in [5, 5.41) is 3.88. The molecule has 12 heteroatoms. The largest absolute Gasteiger partial charge is 0.368 e. The average molecular weight is 253 g/mol. The molecule has 16 heavy (non-hydrogen) atoms. The maximum Gasteiger partial charge on any atom is 0.330 e. The van der Waals surface area contributed by atoms with Crippen LogP contribution in [0.15, 0.2) is 0 Å². The van der Waals surface area contributed by atoms with E-state index in [1.807, 2.05) is 6.79 Å². The molecular formula is C4H11N7O4S. The van der Waals surface area contributed by atoms with E-state index in [4.69, 9.17) is 35.0 Å². The van der Waals surface area contributed by atoms with Crippen LogP contribution < -0.4 is 22.3 Å². The van der Waals surface area contributed by atoms with Gasteiger partial charge >= 0.3 is 10.3 Å². The van der Waals surface area contributed by atoms with Gasteiger partial charge in [0.2, 0.25) is 17.8 Å². The number of hydrogen-bond donors (Lipinski definition) is 5. The van der Waals surface area contributed by atoms with E-state index in [9.17, 15) is 0 Å². The Morgan fingerprint density at radius 3 is 1.19 bits per heavy atom. The highest BCUT2D eigenvalue weighted by molar-refractivity contribution is 7.83. The lowest BCUT2D eigenvalue weighted by molar-refractivity contribution is -0.0979. The minimum atomic E-state index is -4.17. The van der Waals surface area contributed by atoms with Gasteiger partial charge in [-0.1, -0.05) is 0 Å². The monoisotopic (exact) mass is 253 g/mol. The lowest BCUT2D eigenvalue weighted by Gasteiger charge is -1.93. The third-order valence-corrected chi connectivity index (χ3v) is 0.687. The Morgan fingerprint density at radius 2 is 1.06 bits per heavy atom. The van der Waals surface area contributed by atoms with Crippen molar-refractivity contribution >= 4 is 34.9 Å². The molecule has 1 rings (SSSR count). The lowest BCUT2D eigenvalue weighted by Crippen LogP contribution is -2.08. The minimum Gasteiger partial charge on any atom is -0.368 e. The van der Waals surface area contributed by atoms with E-state index in [0.717, 1.165) is 0 Å². The number of hydrogen-bond acceptors (Lipinski definition) is 9. The summed E-state index contributed by atoms with van der Waals surface area (Å²) in [5.74, 6) is 0.125. The lowest BCUT2D eigenvalue weighted by atomic mass is 10.9. The third kappa shape index (κ3) is 14.5. The van der Waals surface area contributed by atoms with Crippen LogP contribution in [0.4, 0.5) is 17.8 Å². The fraction of sp³-hybridized carbons (Fsp3) is 0. The molecule has 9 N–H and O–H groups in total. The fourth-order valence-electron chi connectivity index (χ4n) is 0.427. The van der Waals surface area contributed by atoms with Crippen molar-refractivity contribution in [2.24, 2.45) is 5.14 Å². The number of nitrogen functional groups attached to an aromatic ring is 3. The van der Waals surface area contributed by atoms with Gasteiger partial charge in [0.1, 0.15) is 6.79 Å². The zero-order valence-electron chi connectivity index (χ0n) is 7.94. The van der Waals surface area contributed by atoms with Crippen LogP contribution in [0, 0.1) is 0 Å². The maximum absolute atomic E-state index is 8.97. The molecule has 1 aromatic heterocycles. The first kappa shape index (κ1) is 16.4. The van der Waals surface area contributed by atoms with Crippen LogP contribution in [-0.2, 0) is 15.1 Å². The van der Waals surface area contributed by atoms with Crippen molar-refractivity contribution in [2.75, 3.05) is 17.2 Å². The number of nitrogens with zero attached hydrogens (tertiary/aromatic N) is 3. The van der Waals surface area contributed by atoms with Crippen LogP contribution in [0.3, 0.4) is 0 Å². The topological polar surface area (TPSA) is 214 Å². The predicted molar refractivity (Wildman–Crippen MR) is 55.9 cm³/mol. The fourth-order valence-corrected chi connectivity index (χ4v) is 0.427. The van der Waals surface area contributed by atoms with Gasteiger partial charge in [0.05, 0.1) is 0 Å². The van der Waals surface area contributed by atoms with E-state index in [0.29, 0.717) is 0 Å². The summed E-state index contributed by atoms with van der Waals surface area (Å²) in [6.07, 6.45) is 0. The molecule has 0 spiro atoms. The second kappa shape index (κ2) is 7.27. The van der Waals surface area contributed by atoms with E-state index in [2.05, 4.69) is 20.1 Å². The quantitative estimate of drug-likeness (QED) is 0.299. The summed E-state index contributed by atoms with van der Waals surface area (Å²) < 4.78 is 25.2. The van der Waals surface area contributed by atoms with Crippen LogP contribution >= 0.6 is 0 Å². The van der Waals surface area contributed by atoms with E-state index >= 15 is 0 Å². The van der Waals surface area contributed by atoms with Gasteiger partial charge in [-0.2, -0.15) is 23.4 Å². The van der Waals surface area contributed by atoms with Crippen molar-refractivity contribution < 1.29 is 17.8 Å². The third-order valence-electron chi connectivity index (χ3n) is 0.687. The predicted octanol–water partition coefficient (Wildman–Crippen LogP) is -2.82. The smallest absolute Gasteiger partial charge is 0.330 e. The molecule has 0 atom stereocenters.